The molecule has 1 rings (SSSR count). The van der Waals surface area contributed by atoms with Crippen LogP contribution in [-0.4, -0.2) is 29.3 Å². The summed E-state index contributed by atoms with van der Waals surface area (Å²) in [5, 5.41) is 18.1. The van der Waals surface area contributed by atoms with Crippen molar-refractivity contribution < 1.29 is 19.7 Å². The Kier molecular flexibility index (Phi) is 4.78. The number of hydrogen-bond donors (Lipinski definition) is 3. The molecule has 0 heterocycles. The van der Waals surface area contributed by atoms with Gasteiger partial charge >= 0.3 is 5.97 Å². The number of phenolic OH excluding ortho intramolecular Hbond substituents is 1. The van der Waals surface area contributed by atoms with Crippen LogP contribution in [0.25, 0.3) is 0 Å². The SMILES string of the molecule is COc1ccc(CC(N)CCC(=O)O)cc1O. The molecule has 0 aliphatic heterocycles. The van der Waals surface area contributed by atoms with Crippen molar-refractivity contribution in [1.29, 1.82) is 0 Å². The summed E-state index contributed by atoms with van der Waals surface area (Å²) in [5.41, 5.74) is 6.66. The van der Waals surface area contributed by atoms with Gasteiger partial charge in [-0.25, -0.2) is 0 Å². The maximum absolute atomic E-state index is 10.4. The minimum absolute atomic E-state index is 0.0588. The molecule has 0 fully saturated rings. The zero-order valence-electron chi connectivity index (χ0n) is 9.72. The second kappa shape index (κ2) is 6.10. The standard InChI is InChI=1S/C12H17NO4/c1-17-11-4-2-8(7-10(11)14)6-9(13)3-5-12(15)16/h2,4,7,9,14H,3,5-6,13H2,1H3,(H,15,16). The first-order chi connectivity index (χ1) is 8.02. The number of benzene rings is 1. The number of methoxy groups -OCH3 is 1. The summed E-state index contributed by atoms with van der Waals surface area (Å²) >= 11 is 0. The van der Waals surface area contributed by atoms with Crippen LogP contribution in [0, 0.1) is 0 Å². The summed E-state index contributed by atoms with van der Waals surface area (Å²) in [5.74, 6) is -0.374. The Morgan fingerprint density at radius 2 is 2.24 bits per heavy atom. The first-order valence-corrected chi connectivity index (χ1v) is 5.36. The summed E-state index contributed by atoms with van der Waals surface area (Å²) in [6.07, 6.45) is 1.01. The Bertz CT molecular complexity index is 392. The fourth-order valence-corrected chi connectivity index (χ4v) is 1.58. The highest BCUT2D eigenvalue weighted by atomic mass is 16.5. The molecule has 17 heavy (non-hydrogen) atoms. The second-order valence-electron chi connectivity index (χ2n) is 3.90. The molecule has 1 atom stereocenters. The highest BCUT2D eigenvalue weighted by Gasteiger charge is 2.09. The maximum atomic E-state index is 10.4. The molecular weight excluding hydrogens is 222 g/mol. The highest BCUT2D eigenvalue weighted by molar-refractivity contribution is 5.66. The lowest BCUT2D eigenvalue weighted by atomic mass is 10.0. The Morgan fingerprint density at radius 3 is 2.76 bits per heavy atom. The van der Waals surface area contributed by atoms with Crippen LogP contribution in [0.15, 0.2) is 18.2 Å². The molecule has 1 aromatic rings. The third kappa shape index (κ3) is 4.32. The van der Waals surface area contributed by atoms with Crippen LogP contribution in [0.2, 0.25) is 0 Å². The van der Waals surface area contributed by atoms with Gasteiger partial charge in [0.05, 0.1) is 7.11 Å². The van der Waals surface area contributed by atoms with Crippen molar-refractivity contribution in [2.75, 3.05) is 7.11 Å². The van der Waals surface area contributed by atoms with Gasteiger partial charge in [-0.3, -0.25) is 4.79 Å². The van der Waals surface area contributed by atoms with Crippen LogP contribution in [-0.2, 0) is 11.2 Å². The van der Waals surface area contributed by atoms with Gasteiger partial charge in [0.25, 0.3) is 0 Å². The highest BCUT2D eigenvalue weighted by Crippen LogP contribution is 2.26. The van der Waals surface area contributed by atoms with E-state index in [1.54, 1.807) is 18.2 Å². The van der Waals surface area contributed by atoms with E-state index in [2.05, 4.69) is 0 Å². The van der Waals surface area contributed by atoms with Crippen molar-refractivity contribution in [2.45, 2.75) is 25.3 Å². The molecule has 94 valence electrons. The van der Waals surface area contributed by atoms with Crippen LogP contribution in [0.1, 0.15) is 18.4 Å². The number of aliphatic carboxylic acids is 1. The van der Waals surface area contributed by atoms with Crippen molar-refractivity contribution >= 4 is 5.97 Å². The van der Waals surface area contributed by atoms with Crippen LogP contribution in [0.4, 0.5) is 0 Å². The quantitative estimate of drug-likeness (QED) is 0.692. The number of carbonyl (C=O) groups is 1. The summed E-state index contributed by atoms with van der Waals surface area (Å²) in [6, 6.07) is 4.83. The zero-order chi connectivity index (χ0) is 12.8. The predicted molar refractivity (Wildman–Crippen MR) is 63.2 cm³/mol. The van der Waals surface area contributed by atoms with Gasteiger partial charge in [-0.1, -0.05) is 6.07 Å². The van der Waals surface area contributed by atoms with Crippen LogP contribution in [0.3, 0.4) is 0 Å². The Hall–Kier alpha value is -1.75. The molecule has 0 amide bonds. The van der Waals surface area contributed by atoms with Gasteiger partial charge in [0.1, 0.15) is 0 Å². The monoisotopic (exact) mass is 239 g/mol. The zero-order valence-corrected chi connectivity index (χ0v) is 9.72. The van der Waals surface area contributed by atoms with Gasteiger partial charge in [-0.15, -0.1) is 0 Å². The molecule has 4 N–H and O–H groups in total. The molecule has 0 spiro atoms. The van der Waals surface area contributed by atoms with Crippen molar-refractivity contribution in [3.63, 3.8) is 0 Å². The fraction of sp³-hybridized carbons (Fsp3) is 0.417. The molecule has 0 saturated heterocycles. The molecule has 0 saturated carbocycles. The van der Waals surface area contributed by atoms with Gasteiger partial charge in [0.15, 0.2) is 11.5 Å². The van der Waals surface area contributed by atoms with E-state index in [0.29, 0.717) is 18.6 Å². The lowest BCUT2D eigenvalue weighted by Crippen LogP contribution is -2.23. The maximum Gasteiger partial charge on any atom is 0.303 e. The van der Waals surface area contributed by atoms with Crippen molar-refractivity contribution in [3.05, 3.63) is 23.8 Å². The summed E-state index contributed by atoms with van der Waals surface area (Å²) in [4.78, 5) is 10.4. The lowest BCUT2D eigenvalue weighted by molar-refractivity contribution is -0.137. The van der Waals surface area contributed by atoms with E-state index in [0.717, 1.165) is 5.56 Å². The van der Waals surface area contributed by atoms with Crippen LogP contribution < -0.4 is 10.5 Å². The van der Waals surface area contributed by atoms with Gasteiger partial charge in [0.2, 0.25) is 0 Å². The lowest BCUT2D eigenvalue weighted by Gasteiger charge is -2.11. The second-order valence-corrected chi connectivity index (χ2v) is 3.90. The Morgan fingerprint density at radius 1 is 1.53 bits per heavy atom. The average Bonchev–Trinajstić information content (AvgIpc) is 2.26. The predicted octanol–water partition coefficient (Wildman–Crippen LogP) is 1.14. The van der Waals surface area contributed by atoms with E-state index in [4.69, 9.17) is 15.6 Å². The van der Waals surface area contributed by atoms with Gasteiger partial charge in [-0.05, 0) is 30.5 Å². The Balaban J connectivity index is 2.56. The molecule has 1 aromatic carbocycles. The number of ether oxygens (including phenoxy) is 1. The molecule has 0 radical (unpaired) electrons. The smallest absolute Gasteiger partial charge is 0.303 e. The number of carboxylic acids is 1. The molecule has 1 unspecified atom stereocenters. The molecule has 0 aromatic heterocycles. The topological polar surface area (TPSA) is 92.8 Å². The van der Waals surface area contributed by atoms with E-state index in [1.807, 2.05) is 0 Å². The van der Waals surface area contributed by atoms with Gasteiger partial charge < -0.3 is 20.7 Å². The van der Waals surface area contributed by atoms with Crippen LogP contribution >= 0.6 is 0 Å². The summed E-state index contributed by atoms with van der Waals surface area (Å²) in [6.45, 7) is 0. The molecule has 0 aliphatic carbocycles. The number of carboxylic acid groups (broad SMARTS) is 1. The number of phenols is 1. The largest absolute Gasteiger partial charge is 0.504 e. The van der Waals surface area contributed by atoms with Crippen molar-refractivity contribution in [2.24, 2.45) is 5.73 Å². The van der Waals surface area contributed by atoms with Crippen molar-refractivity contribution in [3.8, 4) is 11.5 Å². The molecule has 0 bridgehead atoms. The third-order valence-corrected chi connectivity index (χ3v) is 2.47. The number of aromatic hydroxyl groups is 1. The van der Waals surface area contributed by atoms with Crippen LogP contribution in [0.5, 0.6) is 11.5 Å². The average molecular weight is 239 g/mol. The van der Waals surface area contributed by atoms with E-state index in [1.165, 1.54) is 7.11 Å². The van der Waals surface area contributed by atoms with E-state index >= 15 is 0 Å². The summed E-state index contributed by atoms with van der Waals surface area (Å²) in [7, 11) is 1.48. The van der Waals surface area contributed by atoms with Crippen molar-refractivity contribution in [1.82, 2.24) is 0 Å². The fourth-order valence-electron chi connectivity index (χ4n) is 1.58. The Labute approximate surface area is 99.8 Å². The first kappa shape index (κ1) is 13.3. The van der Waals surface area contributed by atoms with E-state index in [-0.39, 0.29) is 18.2 Å². The van der Waals surface area contributed by atoms with Gasteiger partial charge in [-0.2, -0.15) is 0 Å². The number of hydrogen-bond acceptors (Lipinski definition) is 4. The van der Waals surface area contributed by atoms with E-state index < -0.39 is 5.97 Å². The number of nitrogens with two attached hydrogens (primary N) is 1. The molecule has 0 aliphatic rings. The minimum atomic E-state index is -0.849. The van der Waals surface area contributed by atoms with E-state index in [9.17, 15) is 9.90 Å². The third-order valence-electron chi connectivity index (χ3n) is 2.47. The van der Waals surface area contributed by atoms with Gasteiger partial charge in [0, 0.05) is 12.5 Å². The minimum Gasteiger partial charge on any atom is -0.504 e. The molecule has 5 nitrogen and oxygen atoms in total. The summed E-state index contributed by atoms with van der Waals surface area (Å²) < 4.78 is 4.92. The molecule has 5 heteroatoms. The molecular formula is C12H17NO4. The normalized spacial score (nSPS) is 12.1. The first-order valence-electron chi connectivity index (χ1n) is 5.36. The number of rotatable bonds is 6.